The van der Waals surface area contributed by atoms with Crippen molar-refractivity contribution in [2.45, 2.75) is 46.0 Å². The predicted octanol–water partition coefficient (Wildman–Crippen LogP) is 5.22. The molecule has 1 fully saturated rings. The van der Waals surface area contributed by atoms with E-state index in [1.807, 2.05) is 45.0 Å². The van der Waals surface area contributed by atoms with Crippen molar-refractivity contribution in [1.82, 2.24) is 9.78 Å². The highest BCUT2D eigenvalue weighted by atomic mass is 19.1. The fourth-order valence-electron chi connectivity index (χ4n) is 4.51. The maximum Gasteiger partial charge on any atom is 0.359 e. The first-order chi connectivity index (χ1) is 16.9. The first-order valence-electron chi connectivity index (χ1n) is 11.9. The molecule has 1 aliphatic carbocycles. The summed E-state index contributed by atoms with van der Waals surface area (Å²) in [5.41, 5.74) is 2.81. The number of esters is 1. The average Bonchev–Trinajstić information content (AvgIpc) is 3.51. The summed E-state index contributed by atoms with van der Waals surface area (Å²) >= 11 is 0. The van der Waals surface area contributed by atoms with Gasteiger partial charge in [0.25, 0.3) is 5.91 Å². The summed E-state index contributed by atoms with van der Waals surface area (Å²) in [7, 11) is 1.38. The normalized spacial score (nSPS) is 15.3. The van der Waals surface area contributed by atoms with Gasteiger partial charge in [-0.15, -0.1) is 0 Å². The van der Waals surface area contributed by atoms with E-state index >= 15 is 0 Å². The summed E-state index contributed by atoms with van der Waals surface area (Å²) in [4.78, 5) is 28.4. The molecule has 35 heavy (non-hydrogen) atoms. The molecule has 0 bridgehead atoms. The van der Waals surface area contributed by atoms with E-state index in [9.17, 15) is 14.0 Å². The number of hydrogen-bond donors (Lipinski definition) is 0. The van der Waals surface area contributed by atoms with Crippen molar-refractivity contribution < 1.29 is 23.5 Å². The van der Waals surface area contributed by atoms with Gasteiger partial charge in [-0.05, 0) is 51.0 Å². The van der Waals surface area contributed by atoms with Crippen molar-refractivity contribution in [3.05, 3.63) is 70.8 Å². The Hall–Kier alpha value is -3.68. The lowest BCUT2D eigenvalue weighted by Gasteiger charge is -2.33. The number of hydrogen-bond acceptors (Lipinski definition) is 5. The van der Waals surface area contributed by atoms with Crippen molar-refractivity contribution in [2.75, 3.05) is 25.2 Å². The standard InChI is InChI=1S/C25H24FN3O4.C2H6/c1-4-33-24(31)21-20-22(29(27-21)17-9-10-19(32-3)18(26)13-17)23(30)28(14-25(20)11-12-25)16-7-5-15(2)6-8-16;1-2/h5-10,13H,4,11-12,14H2,1-3H3;1-2H3. The molecule has 8 heteroatoms. The number of carbonyl (C=O) groups is 2. The zero-order chi connectivity index (χ0) is 25.3. The monoisotopic (exact) mass is 479 g/mol. The molecule has 0 N–H and O–H groups in total. The average molecular weight is 480 g/mol. The maximum absolute atomic E-state index is 14.5. The van der Waals surface area contributed by atoms with Crippen LogP contribution in [0.5, 0.6) is 5.75 Å². The molecule has 1 saturated carbocycles. The first-order valence-corrected chi connectivity index (χ1v) is 11.9. The summed E-state index contributed by atoms with van der Waals surface area (Å²) in [5.74, 6) is -1.37. The molecule has 0 atom stereocenters. The third-order valence-electron chi connectivity index (χ3n) is 6.37. The SMILES string of the molecule is CC.CCOC(=O)c1nn(-c2ccc(OC)c(F)c2)c2c1C1(CC1)CN(c1ccc(C)cc1)C2=O. The Morgan fingerprint density at radius 2 is 1.77 bits per heavy atom. The summed E-state index contributed by atoms with van der Waals surface area (Å²) in [6, 6.07) is 12.1. The summed E-state index contributed by atoms with van der Waals surface area (Å²) in [6.45, 7) is 8.35. The van der Waals surface area contributed by atoms with Gasteiger partial charge in [0.05, 0.1) is 19.4 Å². The van der Waals surface area contributed by atoms with Crippen molar-refractivity contribution in [1.29, 1.82) is 0 Å². The largest absolute Gasteiger partial charge is 0.494 e. The number of rotatable bonds is 5. The fourth-order valence-corrected chi connectivity index (χ4v) is 4.51. The van der Waals surface area contributed by atoms with E-state index < -0.39 is 11.8 Å². The number of methoxy groups -OCH3 is 1. The molecule has 1 aromatic heterocycles. The molecule has 0 radical (unpaired) electrons. The Balaban J connectivity index is 0.00000141. The van der Waals surface area contributed by atoms with Crippen LogP contribution < -0.4 is 9.64 Å². The molecule has 1 spiro atoms. The molecule has 2 aromatic carbocycles. The van der Waals surface area contributed by atoms with E-state index in [4.69, 9.17) is 9.47 Å². The number of halogens is 1. The molecular formula is C27H30FN3O4. The van der Waals surface area contributed by atoms with Crippen molar-refractivity contribution in [3.63, 3.8) is 0 Å². The van der Waals surface area contributed by atoms with Crippen molar-refractivity contribution >= 4 is 17.6 Å². The van der Waals surface area contributed by atoms with Crippen LogP contribution in [0.4, 0.5) is 10.1 Å². The molecule has 2 aliphatic rings. The molecule has 0 unspecified atom stereocenters. The van der Waals surface area contributed by atoms with Crippen LogP contribution in [0.1, 0.15) is 65.7 Å². The molecule has 184 valence electrons. The third-order valence-corrected chi connectivity index (χ3v) is 6.37. The third kappa shape index (κ3) is 4.17. The van der Waals surface area contributed by atoms with E-state index in [-0.39, 0.29) is 35.1 Å². The fraction of sp³-hybridized carbons (Fsp3) is 0.370. The van der Waals surface area contributed by atoms with Crippen LogP contribution in [0.25, 0.3) is 5.69 Å². The van der Waals surface area contributed by atoms with Crippen LogP contribution >= 0.6 is 0 Å². The minimum absolute atomic E-state index is 0.0802. The van der Waals surface area contributed by atoms with Gasteiger partial charge in [-0.25, -0.2) is 13.9 Å². The van der Waals surface area contributed by atoms with E-state index in [0.717, 1.165) is 24.1 Å². The number of fused-ring (bicyclic) bond motifs is 2. The zero-order valence-electron chi connectivity index (χ0n) is 20.7. The Bertz CT molecular complexity index is 1260. The number of benzene rings is 2. The number of aryl methyl sites for hydroxylation is 1. The first kappa shape index (κ1) is 24.4. The van der Waals surface area contributed by atoms with Gasteiger partial charge in [0, 0.05) is 29.3 Å². The number of nitrogens with zero attached hydrogens (tertiary/aromatic N) is 3. The van der Waals surface area contributed by atoms with Crippen molar-refractivity contribution in [2.24, 2.45) is 0 Å². The van der Waals surface area contributed by atoms with Crippen LogP contribution in [-0.2, 0) is 10.2 Å². The number of ether oxygens (including phenoxy) is 2. The molecule has 7 nitrogen and oxygen atoms in total. The highest BCUT2D eigenvalue weighted by molar-refractivity contribution is 6.10. The zero-order valence-corrected chi connectivity index (χ0v) is 20.7. The Labute approximate surface area is 204 Å². The molecule has 1 aliphatic heterocycles. The number of amides is 1. The van der Waals surface area contributed by atoms with Gasteiger partial charge in [-0.2, -0.15) is 5.10 Å². The summed E-state index contributed by atoms with van der Waals surface area (Å²) < 4.78 is 26.2. The lowest BCUT2D eigenvalue weighted by molar-refractivity contribution is 0.0516. The predicted molar refractivity (Wildman–Crippen MR) is 131 cm³/mol. The van der Waals surface area contributed by atoms with E-state index in [2.05, 4.69) is 5.10 Å². The second-order valence-corrected chi connectivity index (χ2v) is 8.53. The van der Waals surface area contributed by atoms with Gasteiger partial charge in [0.15, 0.2) is 17.3 Å². The van der Waals surface area contributed by atoms with Crippen LogP contribution in [0.3, 0.4) is 0 Å². The molecule has 0 saturated heterocycles. The molecule has 1 amide bonds. The quantitative estimate of drug-likeness (QED) is 0.469. The van der Waals surface area contributed by atoms with Crippen LogP contribution in [0, 0.1) is 12.7 Å². The van der Waals surface area contributed by atoms with Crippen LogP contribution in [-0.4, -0.2) is 41.9 Å². The minimum atomic E-state index is -0.586. The summed E-state index contributed by atoms with van der Waals surface area (Å²) in [5, 5.41) is 4.49. The summed E-state index contributed by atoms with van der Waals surface area (Å²) in [6.07, 6.45) is 1.65. The number of carbonyl (C=O) groups excluding carboxylic acids is 2. The minimum Gasteiger partial charge on any atom is -0.494 e. The molecule has 5 rings (SSSR count). The van der Waals surface area contributed by atoms with E-state index in [0.29, 0.717) is 17.8 Å². The second kappa shape index (κ2) is 9.52. The van der Waals surface area contributed by atoms with Gasteiger partial charge in [0.2, 0.25) is 0 Å². The Kier molecular flexibility index (Phi) is 6.65. The Morgan fingerprint density at radius 3 is 2.34 bits per heavy atom. The van der Waals surface area contributed by atoms with E-state index in [1.54, 1.807) is 17.9 Å². The van der Waals surface area contributed by atoms with Gasteiger partial charge < -0.3 is 14.4 Å². The molecule has 2 heterocycles. The van der Waals surface area contributed by atoms with Gasteiger partial charge in [-0.1, -0.05) is 31.5 Å². The molecular weight excluding hydrogens is 449 g/mol. The van der Waals surface area contributed by atoms with Gasteiger partial charge in [0.1, 0.15) is 5.69 Å². The van der Waals surface area contributed by atoms with Crippen LogP contribution in [0.15, 0.2) is 42.5 Å². The number of aromatic nitrogens is 2. The highest BCUT2D eigenvalue weighted by Gasteiger charge is 2.56. The van der Waals surface area contributed by atoms with Crippen molar-refractivity contribution in [3.8, 4) is 11.4 Å². The van der Waals surface area contributed by atoms with Gasteiger partial charge >= 0.3 is 5.97 Å². The van der Waals surface area contributed by atoms with Gasteiger partial charge in [-0.3, -0.25) is 4.79 Å². The highest BCUT2D eigenvalue weighted by Crippen LogP contribution is 2.54. The smallest absolute Gasteiger partial charge is 0.359 e. The second-order valence-electron chi connectivity index (χ2n) is 8.53. The molecule has 3 aromatic rings. The lowest BCUT2D eigenvalue weighted by Crippen LogP contribution is -2.44. The number of anilines is 1. The van der Waals surface area contributed by atoms with E-state index in [1.165, 1.54) is 23.9 Å². The maximum atomic E-state index is 14.5. The lowest BCUT2D eigenvalue weighted by atomic mass is 9.88. The topological polar surface area (TPSA) is 73.7 Å². The van der Waals surface area contributed by atoms with Crippen LogP contribution in [0.2, 0.25) is 0 Å². The Morgan fingerprint density at radius 1 is 1.11 bits per heavy atom.